The maximum absolute atomic E-state index is 12.5. The molecule has 2 aliphatic heterocycles. The summed E-state index contributed by atoms with van der Waals surface area (Å²) in [6.45, 7) is 2.20. The number of carbonyl (C=O) groups excluding carboxylic acids is 1. The average Bonchev–Trinajstić information content (AvgIpc) is 3.23. The molecule has 0 unspecified atom stereocenters. The van der Waals surface area contributed by atoms with Crippen molar-refractivity contribution in [2.24, 2.45) is 0 Å². The van der Waals surface area contributed by atoms with Gasteiger partial charge in [-0.15, -0.1) is 0 Å². The monoisotopic (exact) mass is 449 g/mol. The second-order valence-corrected chi connectivity index (χ2v) is 8.65. The van der Waals surface area contributed by atoms with Gasteiger partial charge in [-0.1, -0.05) is 35.3 Å². The number of hydrogen-bond acceptors (Lipinski definition) is 4. The molecular formula is C23H25Cl2NO4. The maximum atomic E-state index is 12.5. The first-order chi connectivity index (χ1) is 14.6. The molecule has 2 aromatic rings. The van der Waals surface area contributed by atoms with Gasteiger partial charge in [0.05, 0.1) is 10.0 Å². The number of aryl methyl sites for hydroxylation is 1. The molecule has 160 valence electrons. The van der Waals surface area contributed by atoms with E-state index < -0.39 is 0 Å². The maximum Gasteiger partial charge on any atom is 0.231 e. The normalized spacial score (nSPS) is 17.0. The molecule has 5 nitrogen and oxygen atoms in total. The van der Waals surface area contributed by atoms with Crippen LogP contribution in [0.2, 0.25) is 10.0 Å². The van der Waals surface area contributed by atoms with Gasteiger partial charge < -0.3 is 19.5 Å². The molecule has 4 rings (SSSR count). The second-order valence-electron chi connectivity index (χ2n) is 7.84. The van der Waals surface area contributed by atoms with E-state index in [1.165, 1.54) is 0 Å². The van der Waals surface area contributed by atoms with Crippen LogP contribution in [0.4, 0.5) is 0 Å². The van der Waals surface area contributed by atoms with E-state index in [4.69, 9.17) is 37.4 Å². The first-order valence-electron chi connectivity index (χ1n) is 10.2. The summed E-state index contributed by atoms with van der Waals surface area (Å²) in [6.07, 6.45) is 3.72. The molecule has 2 aliphatic rings. The number of nitrogens with one attached hydrogen (secondary N) is 1. The van der Waals surface area contributed by atoms with Crippen LogP contribution in [0.25, 0.3) is 0 Å². The zero-order valence-corrected chi connectivity index (χ0v) is 18.2. The third-order valence-electron chi connectivity index (χ3n) is 5.91. The van der Waals surface area contributed by atoms with Gasteiger partial charge in [0.25, 0.3) is 0 Å². The molecule has 2 aromatic carbocycles. The highest BCUT2D eigenvalue weighted by atomic mass is 35.5. The fourth-order valence-corrected chi connectivity index (χ4v) is 4.38. The summed E-state index contributed by atoms with van der Waals surface area (Å²) in [5.74, 6) is 1.60. The SMILES string of the molecule is O=C(CCCc1ccc(Cl)c(Cl)c1)NCC1(c2ccc3c(c2)OCO3)CCOCC1. The van der Waals surface area contributed by atoms with Crippen molar-refractivity contribution in [3.63, 3.8) is 0 Å². The molecular weight excluding hydrogens is 425 g/mol. The van der Waals surface area contributed by atoms with E-state index in [2.05, 4.69) is 11.4 Å². The van der Waals surface area contributed by atoms with E-state index in [9.17, 15) is 4.79 Å². The molecule has 1 amide bonds. The van der Waals surface area contributed by atoms with Crippen molar-refractivity contribution in [2.45, 2.75) is 37.5 Å². The topological polar surface area (TPSA) is 56.8 Å². The Balaban J connectivity index is 1.34. The number of rotatable bonds is 7. The molecule has 0 aromatic heterocycles. The van der Waals surface area contributed by atoms with Crippen LogP contribution in [0, 0.1) is 0 Å². The van der Waals surface area contributed by atoms with E-state index in [1.54, 1.807) is 6.07 Å². The summed E-state index contributed by atoms with van der Waals surface area (Å²) in [5, 5.41) is 4.24. The standard InChI is InChI=1S/C23H25Cl2NO4/c24-18-6-4-16(12-19(18)25)2-1-3-22(27)26-14-23(8-10-28-11-9-23)17-5-7-20-21(13-17)30-15-29-20/h4-7,12-13H,1-3,8-11,14-15H2,(H,26,27). The minimum Gasteiger partial charge on any atom is -0.454 e. The highest BCUT2D eigenvalue weighted by Crippen LogP contribution is 2.40. The average molecular weight is 450 g/mol. The van der Waals surface area contributed by atoms with Crippen LogP contribution in [-0.2, 0) is 21.4 Å². The first kappa shape index (κ1) is 21.3. The number of hydrogen-bond donors (Lipinski definition) is 1. The highest BCUT2D eigenvalue weighted by Gasteiger charge is 2.36. The third kappa shape index (κ3) is 4.85. The lowest BCUT2D eigenvalue weighted by atomic mass is 9.74. The minimum atomic E-state index is -0.154. The Labute approximate surface area is 186 Å². The second kappa shape index (κ2) is 9.46. The largest absolute Gasteiger partial charge is 0.454 e. The lowest BCUT2D eigenvalue weighted by molar-refractivity contribution is -0.121. The molecule has 2 heterocycles. The molecule has 1 N–H and O–H groups in total. The van der Waals surface area contributed by atoms with Gasteiger partial charge in [-0.2, -0.15) is 0 Å². The van der Waals surface area contributed by atoms with Gasteiger partial charge in [0.2, 0.25) is 12.7 Å². The van der Waals surface area contributed by atoms with Crippen LogP contribution in [0.5, 0.6) is 11.5 Å². The van der Waals surface area contributed by atoms with Gasteiger partial charge in [-0.3, -0.25) is 4.79 Å². The van der Waals surface area contributed by atoms with Crippen LogP contribution in [0.1, 0.15) is 36.8 Å². The Kier molecular flexibility index (Phi) is 6.71. The van der Waals surface area contributed by atoms with Crippen molar-refractivity contribution in [3.05, 3.63) is 57.6 Å². The smallest absolute Gasteiger partial charge is 0.231 e. The molecule has 0 atom stereocenters. The molecule has 0 bridgehead atoms. The Hall–Kier alpha value is -1.95. The number of halogens is 2. The van der Waals surface area contributed by atoms with Crippen LogP contribution in [0.15, 0.2) is 36.4 Å². The number of carbonyl (C=O) groups is 1. The van der Waals surface area contributed by atoms with E-state index >= 15 is 0 Å². The molecule has 0 radical (unpaired) electrons. The molecule has 30 heavy (non-hydrogen) atoms. The van der Waals surface area contributed by atoms with Crippen LogP contribution in [-0.4, -0.2) is 32.5 Å². The molecule has 0 aliphatic carbocycles. The van der Waals surface area contributed by atoms with Gasteiger partial charge >= 0.3 is 0 Å². The summed E-state index contributed by atoms with van der Waals surface area (Å²) in [7, 11) is 0. The Bertz CT molecular complexity index is 912. The lowest BCUT2D eigenvalue weighted by Gasteiger charge is -2.38. The number of benzene rings is 2. The fourth-order valence-electron chi connectivity index (χ4n) is 4.06. The van der Waals surface area contributed by atoms with E-state index in [0.717, 1.165) is 48.3 Å². The number of fused-ring (bicyclic) bond motifs is 1. The molecule has 0 spiro atoms. The van der Waals surface area contributed by atoms with Gasteiger partial charge in [0, 0.05) is 31.6 Å². The van der Waals surface area contributed by atoms with E-state index in [0.29, 0.717) is 36.2 Å². The zero-order valence-electron chi connectivity index (χ0n) is 16.7. The van der Waals surface area contributed by atoms with Crippen molar-refractivity contribution < 1.29 is 19.0 Å². The molecule has 7 heteroatoms. The molecule has 0 saturated carbocycles. The van der Waals surface area contributed by atoms with Gasteiger partial charge in [-0.25, -0.2) is 0 Å². The Morgan fingerprint density at radius 3 is 2.60 bits per heavy atom. The fraction of sp³-hybridized carbons (Fsp3) is 0.435. The first-order valence-corrected chi connectivity index (χ1v) is 11.0. The minimum absolute atomic E-state index is 0.0571. The predicted molar refractivity (Wildman–Crippen MR) is 117 cm³/mol. The Morgan fingerprint density at radius 2 is 1.80 bits per heavy atom. The Morgan fingerprint density at radius 1 is 1.00 bits per heavy atom. The van der Waals surface area contributed by atoms with Gasteiger partial charge in [-0.05, 0) is 61.1 Å². The summed E-state index contributed by atoms with van der Waals surface area (Å²) in [6, 6.07) is 11.7. The van der Waals surface area contributed by atoms with E-state index in [-0.39, 0.29) is 18.1 Å². The lowest BCUT2D eigenvalue weighted by Crippen LogP contribution is -2.44. The van der Waals surface area contributed by atoms with Crippen molar-refractivity contribution in [1.29, 1.82) is 0 Å². The van der Waals surface area contributed by atoms with Crippen molar-refractivity contribution >= 4 is 29.1 Å². The third-order valence-corrected chi connectivity index (χ3v) is 6.65. The zero-order chi connectivity index (χ0) is 21.0. The van der Waals surface area contributed by atoms with Crippen LogP contribution in [0.3, 0.4) is 0 Å². The highest BCUT2D eigenvalue weighted by molar-refractivity contribution is 6.42. The molecule has 1 saturated heterocycles. The van der Waals surface area contributed by atoms with Crippen molar-refractivity contribution in [1.82, 2.24) is 5.32 Å². The number of amides is 1. The summed E-state index contributed by atoms with van der Waals surface area (Å²) in [4.78, 5) is 12.5. The van der Waals surface area contributed by atoms with Gasteiger partial charge in [0.15, 0.2) is 11.5 Å². The summed E-state index contributed by atoms with van der Waals surface area (Å²) >= 11 is 12.0. The summed E-state index contributed by atoms with van der Waals surface area (Å²) in [5.41, 5.74) is 2.09. The van der Waals surface area contributed by atoms with Crippen LogP contribution < -0.4 is 14.8 Å². The van der Waals surface area contributed by atoms with Crippen molar-refractivity contribution in [2.75, 3.05) is 26.6 Å². The van der Waals surface area contributed by atoms with Crippen LogP contribution >= 0.6 is 23.2 Å². The van der Waals surface area contributed by atoms with E-state index in [1.807, 2.05) is 24.3 Å². The molecule has 1 fully saturated rings. The summed E-state index contributed by atoms with van der Waals surface area (Å²) < 4.78 is 16.6. The predicted octanol–water partition coefficient (Wildman–Crippen LogP) is 4.91. The van der Waals surface area contributed by atoms with Gasteiger partial charge in [0.1, 0.15) is 0 Å². The van der Waals surface area contributed by atoms with Crippen molar-refractivity contribution in [3.8, 4) is 11.5 Å². The number of ether oxygens (including phenoxy) is 3. The quantitative estimate of drug-likeness (QED) is 0.652.